The molecule has 1 heterocycles. The van der Waals surface area contributed by atoms with Gasteiger partial charge in [0.25, 0.3) is 5.91 Å². The molecule has 0 radical (unpaired) electrons. The SMILES string of the molecule is COc1ccc(CNC(=O)/C(C#N)=C\c2c(C)n(Cc3ccccc3)c3ccccc23)cc1. The van der Waals surface area contributed by atoms with E-state index in [1.54, 1.807) is 13.2 Å². The van der Waals surface area contributed by atoms with Crippen LogP contribution in [0, 0.1) is 18.3 Å². The highest BCUT2D eigenvalue weighted by molar-refractivity contribution is 6.04. The number of methoxy groups -OCH3 is 1. The normalized spacial score (nSPS) is 11.2. The van der Waals surface area contributed by atoms with Crippen LogP contribution < -0.4 is 10.1 Å². The predicted molar refractivity (Wildman–Crippen MR) is 131 cm³/mol. The van der Waals surface area contributed by atoms with Gasteiger partial charge in [-0.1, -0.05) is 60.7 Å². The van der Waals surface area contributed by atoms with E-state index in [0.29, 0.717) is 13.1 Å². The van der Waals surface area contributed by atoms with Crippen LogP contribution in [0.15, 0.2) is 84.4 Å². The van der Waals surface area contributed by atoms with Crippen molar-refractivity contribution in [3.05, 3.63) is 107 Å². The third-order valence-electron chi connectivity index (χ3n) is 5.73. The van der Waals surface area contributed by atoms with Crippen LogP contribution in [-0.4, -0.2) is 17.6 Å². The Kier molecular flexibility index (Phi) is 6.56. The number of carbonyl (C=O) groups is 1. The molecule has 33 heavy (non-hydrogen) atoms. The third kappa shape index (κ3) is 4.81. The lowest BCUT2D eigenvalue weighted by Gasteiger charge is -2.09. The zero-order valence-corrected chi connectivity index (χ0v) is 18.7. The first-order chi connectivity index (χ1) is 16.1. The maximum Gasteiger partial charge on any atom is 0.262 e. The molecule has 5 nitrogen and oxygen atoms in total. The molecule has 0 aliphatic carbocycles. The number of para-hydroxylation sites is 1. The van der Waals surface area contributed by atoms with Crippen molar-refractivity contribution in [2.75, 3.05) is 7.11 Å². The Hall–Kier alpha value is -4.30. The van der Waals surface area contributed by atoms with Gasteiger partial charge in [0.05, 0.1) is 7.11 Å². The summed E-state index contributed by atoms with van der Waals surface area (Å²) in [5.41, 5.74) is 5.16. The molecule has 0 aliphatic heterocycles. The number of ether oxygens (including phenoxy) is 1. The molecule has 0 aliphatic rings. The summed E-state index contributed by atoms with van der Waals surface area (Å²) in [6.45, 7) is 3.07. The maximum atomic E-state index is 12.8. The average molecular weight is 436 g/mol. The van der Waals surface area contributed by atoms with E-state index >= 15 is 0 Å². The molecule has 0 fully saturated rings. The standard InChI is InChI=1S/C28H25N3O2/c1-20-26(16-23(17-29)28(32)30-18-21-12-14-24(33-2)15-13-21)25-10-6-7-11-27(25)31(20)19-22-8-4-3-5-9-22/h3-16H,18-19H2,1-2H3,(H,30,32)/b23-16-. The zero-order valence-electron chi connectivity index (χ0n) is 18.7. The number of hydrogen-bond donors (Lipinski definition) is 1. The largest absolute Gasteiger partial charge is 0.497 e. The average Bonchev–Trinajstić information content (AvgIpc) is 3.12. The minimum atomic E-state index is -0.396. The lowest BCUT2D eigenvalue weighted by molar-refractivity contribution is -0.117. The second-order valence-electron chi connectivity index (χ2n) is 7.79. The van der Waals surface area contributed by atoms with Crippen molar-refractivity contribution >= 4 is 22.9 Å². The molecule has 0 spiro atoms. The van der Waals surface area contributed by atoms with Gasteiger partial charge in [-0.3, -0.25) is 4.79 Å². The van der Waals surface area contributed by atoms with Crippen LogP contribution in [0.5, 0.6) is 5.75 Å². The van der Waals surface area contributed by atoms with E-state index in [0.717, 1.165) is 33.5 Å². The van der Waals surface area contributed by atoms with Gasteiger partial charge < -0.3 is 14.6 Å². The van der Waals surface area contributed by atoms with Gasteiger partial charge in [-0.05, 0) is 42.3 Å². The van der Waals surface area contributed by atoms with Crippen molar-refractivity contribution < 1.29 is 9.53 Å². The van der Waals surface area contributed by atoms with Crippen molar-refractivity contribution in [3.8, 4) is 11.8 Å². The highest BCUT2D eigenvalue weighted by atomic mass is 16.5. The molecule has 1 N–H and O–H groups in total. The number of hydrogen-bond acceptors (Lipinski definition) is 3. The van der Waals surface area contributed by atoms with E-state index in [-0.39, 0.29) is 5.57 Å². The highest BCUT2D eigenvalue weighted by Gasteiger charge is 2.16. The molecule has 4 rings (SSSR count). The molecule has 1 amide bonds. The van der Waals surface area contributed by atoms with Crippen molar-refractivity contribution in [2.24, 2.45) is 0 Å². The first-order valence-corrected chi connectivity index (χ1v) is 10.8. The number of benzene rings is 3. The van der Waals surface area contributed by atoms with Crippen LogP contribution in [0.25, 0.3) is 17.0 Å². The Morgan fingerprint density at radius 3 is 2.39 bits per heavy atom. The monoisotopic (exact) mass is 435 g/mol. The van der Waals surface area contributed by atoms with Gasteiger partial charge in [0.1, 0.15) is 17.4 Å². The first kappa shape index (κ1) is 21.9. The Balaban J connectivity index is 1.62. The van der Waals surface area contributed by atoms with E-state index in [1.807, 2.05) is 67.6 Å². The number of aromatic nitrogens is 1. The lowest BCUT2D eigenvalue weighted by Crippen LogP contribution is -2.23. The topological polar surface area (TPSA) is 67.0 Å². The van der Waals surface area contributed by atoms with E-state index < -0.39 is 5.91 Å². The van der Waals surface area contributed by atoms with E-state index in [4.69, 9.17) is 4.74 Å². The summed E-state index contributed by atoms with van der Waals surface area (Å²) in [7, 11) is 1.61. The summed E-state index contributed by atoms with van der Waals surface area (Å²) in [5, 5.41) is 13.6. The molecule has 1 aromatic heterocycles. The summed E-state index contributed by atoms with van der Waals surface area (Å²) < 4.78 is 7.38. The molecule has 5 heteroatoms. The summed E-state index contributed by atoms with van der Waals surface area (Å²) in [6, 6.07) is 27.8. The van der Waals surface area contributed by atoms with E-state index in [9.17, 15) is 10.1 Å². The van der Waals surface area contributed by atoms with Crippen molar-refractivity contribution in [3.63, 3.8) is 0 Å². The summed E-state index contributed by atoms with van der Waals surface area (Å²) in [4.78, 5) is 12.8. The first-order valence-electron chi connectivity index (χ1n) is 10.8. The van der Waals surface area contributed by atoms with Crippen LogP contribution >= 0.6 is 0 Å². The van der Waals surface area contributed by atoms with Crippen LogP contribution in [0.3, 0.4) is 0 Å². The smallest absolute Gasteiger partial charge is 0.262 e. The van der Waals surface area contributed by atoms with Crippen molar-refractivity contribution in [1.29, 1.82) is 5.26 Å². The minimum absolute atomic E-state index is 0.0780. The Morgan fingerprint density at radius 2 is 1.70 bits per heavy atom. The molecular formula is C28H25N3O2. The number of fused-ring (bicyclic) bond motifs is 1. The summed E-state index contributed by atoms with van der Waals surface area (Å²) >= 11 is 0. The number of nitrogens with zero attached hydrogens (tertiary/aromatic N) is 2. The molecule has 0 atom stereocenters. The van der Waals surface area contributed by atoms with Gasteiger partial charge in [0.2, 0.25) is 0 Å². The van der Waals surface area contributed by atoms with Gasteiger partial charge in [0, 0.05) is 35.2 Å². The van der Waals surface area contributed by atoms with Crippen LogP contribution in [-0.2, 0) is 17.9 Å². The fourth-order valence-corrected chi connectivity index (χ4v) is 3.92. The second-order valence-corrected chi connectivity index (χ2v) is 7.79. The van der Waals surface area contributed by atoms with Crippen LogP contribution in [0.2, 0.25) is 0 Å². The molecule has 164 valence electrons. The number of nitriles is 1. The molecule has 0 unspecified atom stereocenters. The minimum Gasteiger partial charge on any atom is -0.497 e. The molecule has 3 aromatic carbocycles. The Bertz CT molecular complexity index is 1340. The maximum absolute atomic E-state index is 12.8. The number of carbonyl (C=O) groups excluding carboxylic acids is 1. The zero-order chi connectivity index (χ0) is 23.2. The van der Waals surface area contributed by atoms with Crippen LogP contribution in [0.1, 0.15) is 22.4 Å². The van der Waals surface area contributed by atoms with Gasteiger partial charge in [-0.25, -0.2) is 0 Å². The van der Waals surface area contributed by atoms with E-state index in [1.165, 1.54) is 5.56 Å². The number of rotatable bonds is 7. The van der Waals surface area contributed by atoms with E-state index in [2.05, 4.69) is 34.2 Å². The second kappa shape index (κ2) is 9.88. The quantitative estimate of drug-likeness (QED) is 0.319. The Labute approximate surface area is 193 Å². The molecule has 0 saturated heterocycles. The number of amides is 1. The van der Waals surface area contributed by atoms with Gasteiger partial charge in [0.15, 0.2) is 0 Å². The highest BCUT2D eigenvalue weighted by Crippen LogP contribution is 2.29. The van der Waals surface area contributed by atoms with Crippen molar-refractivity contribution in [2.45, 2.75) is 20.0 Å². The molecular weight excluding hydrogens is 410 g/mol. The Morgan fingerprint density at radius 1 is 1.00 bits per heavy atom. The predicted octanol–water partition coefficient (Wildman–Crippen LogP) is 5.23. The molecule has 4 aromatic rings. The van der Waals surface area contributed by atoms with Crippen LogP contribution in [0.4, 0.5) is 0 Å². The van der Waals surface area contributed by atoms with Gasteiger partial charge >= 0.3 is 0 Å². The fraction of sp³-hybridized carbons (Fsp3) is 0.143. The third-order valence-corrected chi connectivity index (χ3v) is 5.73. The molecule has 0 saturated carbocycles. The van der Waals surface area contributed by atoms with Gasteiger partial charge in [-0.2, -0.15) is 5.26 Å². The van der Waals surface area contributed by atoms with Gasteiger partial charge in [-0.15, -0.1) is 0 Å². The fourth-order valence-electron chi connectivity index (χ4n) is 3.92. The number of nitrogens with one attached hydrogen (secondary N) is 1. The summed E-state index contributed by atoms with van der Waals surface area (Å²) in [5.74, 6) is 0.359. The van der Waals surface area contributed by atoms with Crippen molar-refractivity contribution in [1.82, 2.24) is 9.88 Å². The molecule has 0 bridgehead atoms. The summed E-state index contributed by atoms with van der Waals surface area (Å²) in [6.07, 6.45) is 1.70. The lowest BCUT2D eigenvalue weighted by atomic mass is 10.1.